The van der Waals surface area contributed by atoms with Gasteiger partial charge in [-0.15, -0.1) is 0 Å². The van der Waals surface area contributed by atoms with E-state index in [2.05, 4.69) is 48.7 Å². The van der Waals surface area contributed by atoms with Crippen LogP contribution in [0.3, 0.4) is 0 Å². The maximum absolute atomic E-state index is 11.7. The van der Waals surface area contributed by atoms with Crippen molar-refractivity contribution in [3.8, 4) is 0 Å². The fraction of sp³-hybridized carbons (Fsp3) is 0. The summed E-state index contributed by atoms with van der Waals surface area (Å²) in [6.07, 6.45) is 1.68. The van der Waals surface area contributed by atoms with Gasteiger partial charge in [-0.2, -0.15) is 5.10 Å². The van der Waals surface area contributed by atoms with Crippen LogP contribution in [0.5, 0.6) is 0 Å². The summed E-state index contributed by atoms with van der Waals surface area (Å²) in [5.41, 5.74) is 1.80. The lowest BCUT2D eigenvalue weighted by molar-refractivity contribution is -0.640. The van der Waals surface area contributed by atoms with Crippen molar-refractivity contribution in [1.29, 1.82) is 0 Å². The molecule has 0 aliphatic heterocycles. The van der Waals surface area contributed by atoms with Gasteiger partial charge in [-0.1, -0.05) is 15.9 Å². The Morgan fingerprint density at radius 1 is 1.44 bits per heavy atom. The van der Waals surface area contributed by atoms with E-state index in [4.69, 9.17) is 0 Å². The second-order valence-corrected chi connectivity index (χ2v) is 5.31. The Hall–Kier alpha value is -0.960. The van der Waals surface area contributed by atoms with Crippen molar-refractivity contribution in [3.63, 3.8) is 0 Å². The first-order valence-corrected chi connectivity index (χ1v) is 6.26. The molecular weight excluding hydrogens is 387 g/mol. The first kappa shape index (κ1) is 10.2. The molecule has 0 spiro atoms. The highest BCUT2D eigenvalue weighted by atomic mass is 127. The molecule has 0 aliphatic carbocycles. The molecule has 2 heterocycles. The highest BCUT2D eigenvalue weighted by molar-refractivity contribution is 14.1. The fourth-order valence-electron chi connectivity index (χ4n) is 1.56. The number of fused-ring (bicyclic) bond motifs is 3. The predicted molar refractivity (Wildman–Crippen MR) is 69.9 cm³/mol. The van der Waals surface area contributed by atoms with Crippen LogP contribution in [0, 0.1) is 8.78 Å². The van der Waals surface area contributed by atoms with E-state index >= 15 is 0 Å². The average molecular weight is 391 g/mol. The molecule has 0 unspecified atom stereocenters. The van der Waals surface area contributed by atoms with Crippen molar-refractivity contribution in [2.24, 2.45) is 0 Å². The van der Waals surface area contributed by atoms with Crippen LogP contribution in [-0.4, -0.2) is 14.7 Å². The Balaban J connectivity index is 2.62. The highest BCUT2D eigenvalue weighted by Gasteiger charge is 2.14. The summed E-state index contributed by atoms with van der Waals surface area (Å²) in [7, 11) is 0. The molecule has 0 radical (unpaired) electrons. The monoisotopic (exact) mass is 390 g/mol. The molecule has 2 aromatic heterocycles. The molecule has 0 aliphatic rings. The van der Waals surface area contributed by atoms with E-state index in [1.54, 1.807) is 22.8 Å². The summed E-state index contributed by atoms with van der Waals surface area (Å²) in [5.74, 6) is 0. The first-order valence-electron chi connectivity index (χ1n) is 4.39. The molecule has 0 bridgehead atoms. The van der Waals surface area contributed by atoms with Gasteiger partial charge in [0.2, 0.25) is 5.65 Å². The molecule has 3 aromatic rings. The summed E-state index contributed by atoms with van der Waals surface area (Å²) >= 11 is 5.48. The number of hydrogen-bond donors (Lipinski definition) is 0. The second kappa shape index (κ2) is 3.52. The topological polar surface area (TPSA) is 57.1 Å². The zero-order valence-electron chi connectivity index (χ0n) is 7.76. The van der Waals surface area contributed by atoms with Crippen molar-refractivity contribution >= 4 is 55.2 Å². The normalized spacial score (nSPS) is 11.4. The molecule has 0 amide bonds. The Labute approximate surface area is 112 Å². The van der Waals surface area contributed by atoms with Gasteiger partial charge < -0.3 is 5.21 Å². The van der Waals surface area contributed by atoms with Crippen LogP contribution in [0.25, 0.3) is 16.7 Å². The van der Waals surface area contributed by atoms with Gasteiger partial charge >= 0.3 is 0 Å². The molecule has 0 fully saturated rings. The third-order valence-electron chi connectivity index (χ3n) is 2.26. The third-order valence-corrected chi connectivity index (χ3v) is 3.51. The van der Waals surface area contributed by atoms with E-state index in [9.17, 15) is 5.21 Å². The number of aromatic nitrogens is 4. The summed E-state index contributed by atoms with van der Waals surface area (Å²) in [6, 6.07) is 5.37. The molecule has 1 aromatic carbocycles. The summed E-state index contributed by atoms with van der Waals surface area (Å²) in [5, 5.41) is 19.8. The standard InChI is InChI=1S/C9H4BrIN4O/c10-5-1-2-7-8(3-5)14-9(13-15(7)16)6(11)4-12-14/h1-4H. The zero-order chi connectivity index (χ0) is 11.3. The summed E-state index contributed by atoms with van der Waals surface area (Å²) in [4.78, 5) is 0.626. The van der Waals surface area contributed by atoms with Gasteiger partial charge in [0.1, 0.15) is 5.52 Å². The summed E-state index contributed by atoms with van der Waals surface area (Å²) in [6.45, 7) is 0. The van der Waals surface area contributed by atoms with Gasteiger partial charge in [-0.05, 0) is 39.6 Å². The minimum atomic E-state index is 0.496. The lowest BCUT2D eigenvalue weighted by Crippen LogP contribution is -2.33. The number of halogens is 2. The predicted octanol–water partition coefficient (Wildman–Crippen LogP) is 1.88. The van der Waals surface area contributed by atoms with E-state index in [0.29, 0.717) is 16.0 Å². The van der Waals surface area contributed by atoms with Gasteiger partial charge in [0.05, 0.1) is 9.77 Å². The Morgan fingerprint density at radius 2 is 2.25 bits per heavy atom. The Bertz CT molecular complexity index is 711. The Morgan fingerprint density at radius 3 is 3.06 bits per heavy atom. The second-order valence-electron chi connectivity index (χ2n) is 3.23. The van der Waals surface area contributed by atoms with Crippen LogP contribution in [0.15, 0.2) is 28.9 Å². The highest BCUT2D eigenvalue weighted by Crippen LogP contribution is 2.19. The fourth-order valence-corrected chi connectivity index (χ4v) is 2.37. The van der Waals surface area contributed by atoms with Crippen LogP contribution in [-0.2, 0) is 0 Å². The maximum atomic E-state index is 11.7. The van der Waals surface area contributed by atoms with E-state index in [1.165, 1.54) is 0 Å². The number of rotatable bonds is 0. The van der Waals surface area contributed by atoms with Crippen molar-refractivity contribution in [2.75, 3.05) is 0 Å². The van der Waals surface area contributed by atoms with Crippen LogP contribution in [0.4, 0.5) is 0 Å². The number of nitrogens with zero attached hydrogens (tertiary/aromatic N) is 4. The first-order chi connectivity index (χ1) is 7.66. The molecule has 0 atom stereocenters. The van der Waals surface area contributed by atoms with Crippen LogP contribution in [0.2, 0.25) is 0 Å². The molecule has 0 N–H and O–H groups in total. The lowest BCUT2D eigenvalue weighted by atomic mass is 10.3. The van der Waals surface area contributed by atoms with Crippen molar-refractivity contribution in [3.05, 3.63) is 37.6 Å². The van der Waals surface area contributed by atoms with E-state index in [1.807, 2.05) is 6.07 Å². The van der Waals surface area contributed by atoms with Crippen molar-refractivity contribution in [1.82, 2.24) is 14.7 Å². The SMILES string of the molecule is [O-][n+]1nc2c(I)cnn2c2cc(Br)ccc21. The third kappa shape index (κ3) is 1.38. The zero-order valence-corrected chi connectivity index (χ0v) is 11.5. The van der Waals surface area contributed by atoms with Crippen molar-refractivity contribution < 1.29 is 4.85 Å². The number of benzene rings is 1. The molecule has 3 rings (SSSR count). The molecule has 7 heteroatoms. The van der Waals surface area contributed by atoms with Crippen molar-refractivity contribution in [2.45, 2.75) is 0 Å². The van der Waals surface area contributed by atoms with Gasteiger partial charge in [-0.3, -0.25) is 0 Å². The van der Waals surface area contributed by atoms with Gasteiger partial charge in [0.25, 0.3) is 5.52 Å². The van der Waals surface area contributed by atoms with Crippen LogP contribution >= 0.6 is 38.5 Å². The molecule has 0 saturated carbocycles. The minimum absolute atomic E-state index is 0.496. The quantitative estimate of drug-likeness (QED) is 0.334. The largest absolute Gasteiger partial charge is 0.594 e. The van der Waals surface area contributed by atoms with Gasteiger partial charge in [0, 0.05) is 15.6 Å². The van der Waals surface area contributed by atoms with E-state index < -0.39 is 0 Å². The summed E-state index contributed by atoms with van der Waals surface area (Å²) < 4.78 is 3.41. The number of hydrogen-bond acceptors (Lipinski definition) is 3. The average Bonchev–Trinajstić information content (AvgIpc) is 2.61. The molecular formula is C9H4BrIN4O. The smallest absolute Gasteiger partial charge is 0.270 e. The minimum Gasteiger partial charge on any atom is -0.594 e. The molecule has 5 nitrogen and oxygen atoms in total. The van der Waals surface area contributed by atoms with E-state index in [-0.39, 0.29) is 0 Å². The van der Waals surface area contributed by atoms with Gasteiger partial charge in [0.15, 0.2) is 0 Å². The van der Waals surface area contributed by atoms with Crippen LogP contribution < -0.4 is 4.85 Å². The Kier molecular flexibility index (Phi) is 2.25. The molecule has 0 saturated heterocycles. The molecule has 16 heavy (non-hydrogen) atoms. The van der Waals surface area contributed by atoms with Gasteiger partial charge in [-0.25, -0.2) is 4.52 Å². The molecule has 80 valence electrons. The van der Waals surface area contributed by atoms with E-state index in [0.717, 1.165) is 13.6 Å². The lowest BCUT2D eigenvalue weighted by Gasteiger charge is -2.01. The maximum Gasteiger partial charge on any atom is 0.270 e. The van der Waals surface area contributed by atoms with Crippen LogP contribution in [0.1, 0.15) is 0 Å².